The minimum absolute atomic E-state index is 0.235. The number of hydrogen-bond donors (Lipinski definition) is 1. The smallest absolute Gasteiger partial charge is 0.332 e. The summed E-state index contributed by atoms with van der Waals surface area (Å²) in [7, 11) is 0. The highest BCUT2D eigenvalue weighted by Crippen LogP contribution is 2.29. The summed E-state index contributed by atoms with van der Waals surface area (Å²) in [6, 6.07) is 0.354. The molecule has 0 bridgehead atoms. The van der Waals surface area contributed by atoms with Gasteiger partial charge in [-0.3, -0.25) is 9.78 Å². The molecule has 0 spiro atoms. The molecule has 1 atom stereocenters. The van der Waals surface area contributed by atoms with Gasteiger partial charge in [0.2, 0.25) is 6.41 Å². The lowest BCUT2D eigenvalue weighted by Gasteiger charge is -2.28. The van der Waals surface area contributed by atoms with Gasteiger partial charge >= 0.3 is 5.97 Å². The van der Waals surface area contributed by atoms with E-state index >= 15 is 0 Å². The molecule has 5 nitrogen and oxygen atoms in total. The molecule has 18 heavy (non-hydrogen) atoms. The predicted octanol–water partition coefficient (Wildman–Crippen LogP) is 2.60. The van der Waals surface area contributed by atoms with Gasteiger partial charge in [-0.1, -0.05) is 0 Å². The second-order valence-corrected chi connectivity index (χ2v) is 5.68. The van der Waals surface area contributed by atoms with Crippen molar-refractivity contribution >= 4 is 44.2 Å². The van der Waals surface area contributed by atoms with Crippen molar-refractivity contribution in [2.75, 3.05) is 0 Å². The number of aromatic nitrogens is 1. The Morgan fingerprint density at radius 1 is 1.50 bits per heavy atom. The van der Waals surface area contributed by atoms with Gasteiger partial charge < -0.3 is 10.0 Å². The highest BCUT2D eigenvalue weighted by molar-refractivity contribution is 9.11. The van der Waals surface area contributed by atoms with Crippen molar-refractivity contribution in [2.45, 2.75) is 25.9 Å². The van der Waals surface area contributed by atoms with Crippen LogP contribution in [0.1, 0.15) is 25.6 Å². The predicted molar refractivity (Wildman–Crippen MR) is 73.1 cm³/mol. The zero-order chi connectivity index (χ0) is 13.9. The fourth-order valence-electron chi connectivity index (χ4n) is 1.49. The number of aliphatic carboxylic acids is 1. The molecule has 1 rings (SSSR count). The van der Waals surface area contributed by atoms with Crippen LogP contribution in [0.3, 0.4) is 0 Å². The molecular formula is C11H12Br2N2O3. The van der Waals surface area contributed by atoms with E-state index in [2.05, 4.69) is 36.8 Å². The Labute approximate surface area is 121 Å². The molecule has 0 radical (unpaired) electrons. The molecule has 1 unspecified atom stereocenters. The van der Waals surface area contributed by atoms with E-state index in [1.807, 2.05) is 0 Å². The Morgan fingerprint density at radius 3 is 2.50 bits per heavy atom. The summed E-state index contributed by atoms with van der Waals surface area (Å²) in [6.07, 6.45) is 2.03. The van der Waals surface area contributed by atoms with Gasteiger partial charge in [-0.05, 0) is 51.8 Å². The molecule has 1 N–H and O–H groups in total. The average molecular weight is 380 g/mol. The zero-order valence-corrected chi connectivity index (χ0v) is 13.0. The number of rotatable bonds is 5. The first kappa shape index (κ1) is 15.1. The van der Waals surface area contributed by atoms with E-state index in [-0.39, 0.29) is 6.04 Å². The zero-order valence-electron chi connectivity index (χ0n) is 9.80. The molecule has 1 aromatic rings. The van der Waals surface area contributed by atoms with E-state index in [4.69, 9.17) is 0 Å². The van der Waals surface area contributed by atoms with Gasteiger partial charge in [0.1, 0.15) is 0 Å². The molecular weight excluding hydrogens is 368 g/mol. The molecule has 98 valence electrons. The number of carbonyl (C=O) groups is 2. The van der Waals surface area contributed by atoms with Gasteiger partial charge in [-0.15, -0.1) is 0 Å². The number of halogens is 2. The Balaban J connectivity index is 3.27. The van der Waals surface area contributed by atoms with Crippen molar-refractivity contribution < 1.29 is 14.7 Å². The minimum Gasteiger partial charge on any atom is -0.479 e. The Morgan fingerprint density at radius 2 is 2.11 bits per heavy atom. The molecule has 0 aliphatic carbocycles. The minimum atomic E-state index is -1.12. The third-order valence-electron chi connectivity index (χ3n) is 2.35. The van der Waals surface area contributed by atoms with Crippen molar-refractivity contribution in [1.29, 1.82) is 0 Å². The number of carboxylic acid groups (broad SMARTS) is 1. The molecule has 0 aliphatic heterocycles. The summed E-state index contributed by atoms with van der Waals surface area (Å²) in [5.74, 6) is -1.12. The number of carboxylic acids is 1. The fraction of sp³-hybridized carbons (Fsp3) is 0.364. The van der Waals surface area contributed by atoms with Crippen LogP contribution in [0.4, 0.5) is 0 Å². The highest BCUT2D eigenvalue weighted by Gasteiger charge is 2.31. The molecule has 0 saturated heterocycles. The van der Waals surface area contributed by atoms with Crippen molar-refractivity contribution in [3.05, 3.63) is 26.9 Å². The third-order valence-corrected chi connectivity index (χ3v) is 3.41. The van der Waals surface area contributed by atoms with Crippen LogP contribution in [-0.2, 0) is 9.59 Å². The van der Waals surface area contributed by atoms with E-state index in [9.17, 15) is 14.7 Å². The number of hydrogen-bond acceptors (Lipinski definition) is 3. The molecule has 1 amide bonds. The molecule has 0 fully saturated rings. The standard InChI is InChI=1S/C11H12Br2N2O3/c1-6(2)15(5-16)10(11(17)18)9-8(13)3-7(12)4-14-9/h3-6,10H,1-2H3,(H,17,18). The number of pyridine rings is 1. The van der Waals surface area contributed by atoms with Crippen LogP contribution >= 0.6 is 31.9 Å². The summed E-state index contributed by atoms with van der Waals surface area (Å²) < 4.78 is 1.27. The van der Waals surface area contributed by atoms with E-state index in [1.165, 1.54) is 11.1 Å². The van der Waals surface area contributed by atoms with Crippen molar-refractivity contribution in [1.82, 2.24) is 9.88 Å². The second kappa shape index (κ2) is 6.29. The largest absolute Gasteiger partial charge is 0.479 e. The van der Waals surface area contributed by atoms with Crippen LogP contribution in [-0.4, -0.2) is 33.4 Å². The third kappa shape index (κ3) is 3.29. The van der Waals surface area contributed by atoms with E-state index < -0.39 is 12.0 Å². The van der Waals surface area contributed by atoms with Crippen molar-refractivity contribution in [3.8, 4) is 0 Å². The lowest BCUT2D eigenvalue weighted by molar-refractivity contribution is -0.148. The summed E-state index contributed by atoms with van der Waals surface area (Å²) in [5, 5.41) is 9.30. The van der Waals surface area contributed by atoms with Gasteiger partial charge in [-0.25, -0.2) is 4.79 Å². The first-order chi connectivity index (χ1) is 8.38. The first-order valence-corrected chi connectivity index (χ1v) is 6.73. The summed E-state index contributed by atoms with van der Waals surface area (Å²) in [4.78, 5) is 27.7. The summed E-state index contributed by atoms with van der Waals surface area (Å²) in [6.45, 7) is 3.49. The van der Waals surface area contributed by atoms with E-state index in [0.717, 1.165) is 4.47 Å². The van der Waals surface area contributed by atoms with Gasteiger partial charge in [0.25, 0.3) is 0 Å². The number of nitrogens with zero attached hydrogens (tertiary/aromatic N) is 2. The quantitative estimate of drug-likeness (QED) is 0.798. The number of amides is 1. The summed E-state index contributed by atoms with van der Waals surface area (Å²) >= 11 is 6.51. The van der Waals surface area contributed by atoms with E-state index in [1.54, 1.807) is 19.9 Å². The fourth-order valence-corrected chi connectivity index (χ4v) is 2.70. The van der Waals surface area contributed by atoms with Crippen LogP contribution in [0.25, 0.3) is 0 Å². The van der Waals surface area contributed by atoms with Crippen molar-refractivity contribution in [3.63, 3.8) is 0 Å². The van der Waals surface area contributed by atoms with E-state index in [0.29, 0.717) is 16.6 Å². The lowest BCUT2D eigenvalue weighted by Crippen LogP contribution is -2.38. The average Bonchev–Trinajstić information content (AvgIpc) is 2.26. The highest BCUT2D eigenvalue weighted by atomic mass is 79.9. The topological polar surface area (TPSA) is 70.5 Å². The first-order valence-electron chi connectivity index (χ1n) is 5.15. The maximum absolute atomic E-state index is 11.4. The maximum Gasteiger partial charge on any atom is 0.332 e. The maximum atomic E-state index is 11.4. The van der Waals surface area contributed by atoms with Gasteiger partial charge in [-0.2, -0.15) is 0 Å². The van der Waals surface area contributed by atoms with Crippen LogP contribution in [0, 0.1) is 0 Å². The van der Waals surface area contributed by atoms with Crippen LogP contribution in [0.5, 0.6) is 0 Å². The lowest BCUT2D eigenvalue weighted by atomic mass is 10.1. The Hall–Kier alpha value is -0.950. The van der Waals surface area contributed by atoms with Gasteiger partial charge in [0.05, 0.1) is 5.69 Å². The molecule has 0 saturated carbocycles. The molecule has 0 aliphatic rings. The SMILES string of the molecule is CC(C)N(C=O)C(C(=O)O)c1ncc(Br)cc1Br. The monoisotopic (exact) mass is 378 g/mol. The van der Waals surface area contributed by atoms with Crippen LogP contribution < -0.4 is 0 Å². The normalized spacial score (nSPS) is 12.3. The van der Waals surface area contributed by atoms with Crippen molar-refractivity contribution in [2.24, 2.45) is 0 Å². The van der Waals surface area contributed by atoms with Gasteiger partial charge in [0, 0.05) is 21.2 Å². The molecule has 1 aromatic heterocycles. The Kier molecular flexibility index (Phi) is 5.28. The van der Waals surface area contributed by atoms with Crippen LogP contribution in [0.2, 0.25) is 0 Å². The Bertz CT molecular complexity index is 466. The van der Waals surface area contributed by atoms with Gasteiger partial charge in [0.15, 0.2) is 6.04 Å². The van der Waals surface area contributed by atoms with Crippen LogP contribution in [0.15, 0.2) is 21.2 Å². The summed E-state index contributed by atoms with van der Waals surface area (Å²) in [5.41, 5.74) is 0.298. The molecule has 7 heteroatoms. The molecule has 1 heterocycles. The molecule has 0 aromatic carbocycles. The number of carbonyl (C=O) groups excluding carboxylic acids is 1. The second-order valence-electron chi connectivity index (χ2n) is 3.91.